The van der Waals surface area contributed by atoms with Crippen molar-refractivity contribution < 1.29 is 9.59 Å². The molecular weight excluding hydrogens is 460 g/mol. The maximum atomic E-state index is 13.3. The van der Waals surface area contributed by atoms with Crippen LogP contribution in [0.5, 0.6) is 0 Å². The standard InChI is InChI=1S/C28H29ClN4O2/c1-5-32(27(35)23-12-8-10-19-9-6-7-11-22(19)23)18-26(34)30-25-17-24(28(2,3)4)31-33(25)21-15-13-20(29)14-16-21/h6-17H,5,18H2,1-4H3,(H,30,34). The van der Waals surface area contributed by atoms with Crippen LogP contribution in [0.1, 0.15) is 43.7 Å². The first-order valence-corrected chi connectivity index (χ1v) is 12.0. The van der Waals surface area contributed by atoms with E-state index in [2.05, 4.69) is 26.1 Å². The summed E-state index contributed by atoms with van der Waals surface area (Å²) in [5.41, 5.74) is 1.98. The lowest BCUT2D eigenvalue weighted by atomic mass is 9.92. The van der Waals surface area contributed by atoms with Gasteiger partial charge in [0.25, 0.3) is 5.91 Å². The molecule has 1 heterocycles. The molecule has 1 N–H and O–H groups in total. The average molecular weight is 489 g/mol. The smallest absolute Gasteiger partial charge is 0.254 e. The van der Waals surface area contributed by atoms with E-state index in [4.69, 9.17) is 16.7 Å². The Kier molecular flexibility index (Phi) is 6.94. The lowest BCUT2D eigenvalue weighted by Crippen LogP contribution is -2.38. The van der Waals surface area contributed by atoms with E-state index in [1.807, 2.05) is 61.5 Å². The highest BCUT2D eigenvalue weighted by molar-refractivity contribution is 6.30. The number of amides is 2. The number of benzene rings is 3. The molecule has 7 heteroatoms. The fraction of sp³-hybridized carbons (Fsp3) is 0.250. The van der Waals surface area contributed by atoms with Gasteiger partial charge in [-0.05, 0) is 48.0 Å². The summed E-state index contributed by atoms with van der Waals surface area (Å²) >= 11 is 6.05. The van der Waals surface area contributed by atoms with Crippen molar-refractivity contribution in [2.45, 2.75) is 33.1 Å². The molecule has 0 aliphatic heterocycles. The molecule has 0 saturated carbocycles. The Bertz CT molecular complexity index is 1360. The second-order valence-corrected chi connectivity index (χ2v) is 9.88. The molecule has 6 nitrogen and oxygen atoms in total. The van der Waals surface area contributed by atoms with Crippen LogP contribution >= 0.6 is 11.6 Å². The van der Waals surface area contributed by atoms with Crippen LogP contribution < -0.4 is 5.32 Å². The maximum Gasteiger partial charge on any atom is 0.254 e. The fourth-order valence-corrected chi connectivity index (χ4v) is 4.01. The van der Waals surface area contributed by atoms with E-state index in [9.17, 15) is 9.59 Å². The lowest BCUT2D eigenvalue weighted by molar-refractivity contribution is -0.116. The van der Waals surface area contributed by atoms with Crippen LogP contribution in [-0.2, 0) is 10.2 Å². The average Bonchev–Trinajstić information content (AvgIpc) is 3.26. The number of fused-ring (bicyclic) bond motifs is 1. The fourth-order valence-electron chi connectivity index (χ4n) is 3.88. The Labute approximate surface area is 210 Å². The van der Waals surface area contributed by atoms with Gasteiger partial charge in [0.2, 0.25) is 5.91 Å². The largest absolute Gasteiger partial charge is 0.330 e. The molecule has 1 aromatic heterocycles. The number of likely N-dealkylation sites (N-methyl/N-ethyl adjacent to an activating group) is 1. The van der Waals surface area contributed by atoms with Crippen LogP contribution in [0.25, 0.3) is 16.5 Å². The molecule has 0 unspecified atom stereocenters. The van der Waals surface area contributed by atoms with Crippen LogP contribution in [0.2, 0.25) is 5.02 Å². The van der Waals surface area contributed by atoms with Gasteiger partial charge in [0.05, 0.1) is 11.4 Å². The Morgan fingerprint density at radius 1 is 1.00 bits per heavy atom. The summed E-state index contributed by atoms with van der Waals surface area (Å²) in [4.78, 5) is 28.0. The second kappa shape index (κ2) is 9.92. The molecule has 0 bridgehead atoms. The van der Waals surface area contributed by atoms with Crippen LogP contribution in [-0.4, -0.2) is 39.6 Å². The SMILES string of the molecule is CCN(CC(=O)Nc1cc(C(C)(C)C)nn1-c1ccc(Cl)cc1)C(=O)c1cccc2ccccc12. The highest BCUT2D eigenvalue weighted by Crippen LogP contribution is 2.27. The van der Waals surface area contributed by atoms with Gasteiger partial charge in [-0.15, -0.1) is 0 Å². The van der Waals surface area contributed by atoms with Gasteiger partial charge in [0.1, 0.15) is 12.4 Å². The van der Waals surface area contributed by atoms with Crippen molar-refractivity contribution in [3.63, 3.8) is 0 Å². The molecule has 0 spiro atoms. The van der Waals surface area contributed by atoms with E-state index >= 15 is 0 Å². The third kappa shape index (κ3) is 5.38. The van der Waals surface area contributed by atoms with E-state index < -0.39 is 0 Å². The lowest BCUT2D eigenvalue weighted by Gasteiger charge is -2.21. The van der Waals surface area contributed by atoms with Gasteiger partial charge in [0, 0.05) is 28.6 Å². The van der Waals surface area contributed by atoms with Crippen LogP contribution in [0.3, 0.4) is 0 Å². The second-order valence-electron chi connectivity index (χ2n) is 9.45. The van der Waals surface area contributed by atoms with E-state index in [1.165, 1.54) is 0 Å². The molecule has 3 aromatic carbocycles. The van der Waals surface area contributed by atoms with Crippen molar-refractivity contribution in [2.75, 3.05) is 18.4 Å². The minimum absolute atomic E-state index is 0.0742. The van der Waals surface area contributed by atoms with Gasteiger partial charge >= 0.3 is 0 Å². The summed E-state index contributed by atoms with van der Waals surface area (Å²) in [6, 6.07) is 22.5. The maximum absolute atomic E-state index is 13.3. The topological polar surface area (TPSA) is 67.2 Å². The van der Waals surface area contributed by atoms with Gasteiger partial charge in [-0.1, -0.05) is 68.8 Å². The monoisotopic (exact) mass is 488 g/mol. The van der Waals surface area contributed by atoms with E-state index in [0.29, 0.717) is 22.9 Å². The number of rotatable bonds is 6. The molecule has 0 radical (unpaired) electrons. The summed E-state index contributed by atoms with van der Waals surface area (Å²) in [5, 5.41) is 10.2. The van der Waals surface area contributed by atoms with Gasteiger partial charge in [-0.25, -0.2) is 4.68 Å². The normalized spacial score (nSPS) is 11.5. The zero-order chi connectivity index (χ0) is 25.2. The molecule has 0 aliphatic rings. The zero-order valence-electron chi connectivity index (χ0n) is 20.4. The molecule has 2 amide bonds. The number of nitrogens with zero attached hydrogens (tertiary/aromatic N) is 3. The number of carbonyl (C=O) groups is 2. The van der Waals surface area contributed by atoms with Crippen molar-refractivity contribution in [1.29, 1.82) is 0 Å². The molecule has 4 aromatic rings. The molecule has 0 atom stereocenters. The van der Waals surface area contributed by atoms with Crippen LogP contribution in [0.15, 0.2) is 72.8 Å². The summed E-state index contributed by atoms with van der Waals surface area (Å²) in [6.07, 6.45) is 0. The number of halogens is 1. The van der Waals surface area contributed by atoms with Crippen molar-refractivity contribution >= 4 is 40.0 Å². The summed E-state index contributed by atoms with van der Waals surface area (Å²) in [5.74, 6) is 0.0629. The molecule has 35 heavy (non-hydrogen) atoms. The van der Waals surface area contributed by atoms with Gasteiger partial charge in [-0.3, -0.25) is 9.59 Å². The number of nitrogens with one attached hydrogen (secondary N) is 1. The van der Waals surface area contributed by atoms with Crippen LogP contribution in [0, 0.1) is 0 Å². The number of hydrogen-bond donors (Lipinski definition) is 1. The Balaban J connectivity index is 1.59. The molecule has 0 fully saturated rings. The number of anilines is 1. The number of hydrogen-bond acceptors (Lipinski definition) is 3. The first-order chi connectivity index (χ1) is 16.7. The molecule has 0 aliphatic carbocycles. The van der Waals surface area contributed by atoms with Gasteiger partial charge in [-0.2, -0.15) is 5.10 Å². The van der Waals surface area contributed by atoms with E-state index in [0.717, 1.165) is 22.2 Å². The summed E-state index contributed by atoms with van der Waals surface area (Å²) in [7, 11) is 0. The zero-order valence-corrected chi connectivity index (χ0v) is 21.1. The van der Waals surface area contributed by atoms with Gasteiger partial charge < -0.3 is 10.2 Å². The highest BCUT2D eigenvalue weighted by atomic mass is 35.5. The molecular formula is C28H29ClN4O2. The highest BCUT2D eigenvalue weighted by Gasteiger charge is 2.23. The Morgan fingerprint density at radius 2 is 1.69 bits per heavy atom. The molecule has 180 valence electrons. The van der Waals surface area contributed by atoms with Crippen molar-refractivity contribution in [2.24, 2.45) is 0 Å². The van der Waals surface area contributed by atoms with E-state index in [-0.39, 0.29) is 23.8 Å². The van der Waals surface area contributed by atoms with Crippen molar-refractivity contribution in [3.8, 4) is 5.69 Å². The third-order valence-corrected chi connectivity index (χ3v) is 6.09. The van der Waals surface area contributed by atoms with E-state index in [1.54, 1.807) is 27.8 Å². The van der Waals surface area contributed by atoms with Crippen molar-refractivity contribution in [1.82, 2.24) is 14.7 Å². The quantitative estimate of drug-likeness (QED) is 0.358. The predicted molar refractivity (Wildman–Crippen MR) is 141 cm³/mol. The Morgan fingerprint density at radius 3 is 2.37 bits per heavy atom. The van der Waals surface area contributed by atoms with Gasteiger partial charge in [0.15, 0.2) is 0 Å². The van der Waals surface area contributed by atoms with Crippen molar-refractivity contribution in [3.05, 3.63) is 89.1 Å². The first-order valence-electron chi connectivity index (χ1n) is 11.6. The summed E-state index contributed by atoms with van der Waals surface area (Å²) in [6.45, 7) is 8.39. The minimum atomic E-state index is -0.295. The predicted octanol–water partition coefficient (Wildman–Crippen LogP) is 6.08. The molecule has 0 saturated heterocycles. The number of carbonyl (C=O) groups excluding carboxylic acids is 2. The Hall–Kier alpha value is -3.64. The minimum Gasteiger partial charge on any atom is -0.330 e. The summed E-state index contributed by atoms with van der Waals surface area (Å²) < 4.78 is 1.69. The number of aromatic nitrogens is 2. The third-order valence-electron chi connectivity index (χ3n) is 5.84. The van der Waals surface area contributed by atoms with Crippen LogP contribution in [0.4, 0.5) is 5.82 Å². The molecule has 4 rings (SSSR count). The first kappa shape index (κ1) is 24.5.